The first-order valence-corrected chi connectivity index (χ1v) is 13.2. The van der Waals surface area contributed by atoms with Gasteiger partial charge in [0.2, 0.25) is 0 Å². The maximum atomic E-state index is 13.0. The summed E-state index contributed by atoms with van der Waals surface area (Å²) in [6.45, 7) is 4.07. The average Bonchev–Trinajstić information content (AvgIpc) is 2.74. The molecule has 0 heterocycles. The number of carbonyl (C=O) groups is 1. The predicted molar refractivity (Wildman–Crippen MR) is 133 cm³/mol. The standard InChI is InChI=1S/C27H42ClN3O/c1-31(2)11-4-3-9-29-10-5-6-20-7-8-25(28)24(15-20)26(32)30-19-27-16-21-12-22(17-27)14-23(13-21)18-27/h7-8,15,21-23,29H,3-6,9-14,16-19H2,1-2H3,(H,30,32). The van der Waals surface area contributed by atoms with Crippen molar-refractivity contribution in [1.29, 1.82) is 0 Å². The number of rotatable bonds is 12. The fourth-order valence-corrected chi connectivity index (χ4v) is 7.20. The molecule has 0 saturated heterocycles. The van der Waals surface area contributed by atoms with Crippen LogP contribution in [0.4, 0.5) is 0 Å². The molecule has 32 heavy (non-hydrogen) atoms. The molecular weight excluding hydrogens is 418 g/mol. The van der Waals surface area contributed by atoms with Gasteiger partial charge in [-0.1, -0.05) is 17.7 Å². The van der Waals surface area contributed by atoms with Crippen molar-refractivity contribution in [3.8, 4) is 0 Å². The van der Waals surface area contributed by atoms with Gasteiger partial charge in [0.25, 0.3) is 5.91 Å². The third kappa shape index (κ3) is 6.27. The van der Waals surface area contributed by atoms with E-state index in [1.54, 1.807) is 0 Å². The molecule has 1 aromatic carbocycles. The van der Waals surface area contributed by atoms with Crippen molar-refractivity contribution in [3.05, 3.63) is 34.3 Å². The van der Waals surface area contributed by atoms with Crippen LogP contribution in [0.5, 0.6) is 0 Å². The maximum absolute atomic E-state index is 13.0. The lowest BCUT2D eigenvalue weighted by atomic mass is 9.49. The van der Waals surface area contributed by atoms with E-state index in [4.69, 9.17) is 11.6 Å². The molecule has 178 valence electrons. The molecule has 0 aromatic heterocycles. The van der Waals surface area contributed by atoms with Crippen molar-refractivity contribution in [2.75, 3.05) is 40.3 Å². The summed E-state index contributed by atoms with van der Waals surface area (Å²) in [5.74, 6) is 2.73. The van der Waals surface area contributed by atoms with Crippen molar-refractivity contribution in [1.82, 2.24) is 15.5 Å². The molecule has 0 radical (unpaired) electrons. The summed E-state index contributed by atoms with van der Waals surface area (Å²) in [4.78, 5) is 15.3. The smallest absolute Gasteiger partial charge is 0.252 e. The molecule has 4 saturated carbocycles. The molecule has 4 bridgehead atoms. The topological polar surface area (TPSA) is 44.4 Å². The number of halogens is 1. The number of unbranched alkanes of at least 4 members (excludes halogenated alkanes) is 1. The zero-order valence-electron chi connectivity index (χ0n) is 20.1. The third-order valence-electron chi connectivity index (χ3n) is 8.09. The Morgan fingerprint density at radius 1 is 1.03 bits per heavy atom. The van der Waals surface area contributed by atoms with Crippen LogP contribution in [0, 0.1) is 23.2 Å². The number of nitrogens with zero attached hydrogens (tertiary/aromatic N) is 1. The molecule has 1 aromatic rings. The molecule has 4 fully saturated rings. The molecule has 4 nitrogen and oxygen atoms in total. The van der Waals surface area contributed by atoms with Gasteiger partial charge in [0, 0.05) is 6.54 Å². The van der Waals surface area contributed by atoms with Gasteiger partial charge in [0.15, 0.2) is 0 Å². The molecular formula is C27H42ClN3O. The second-order valence-corrected chi connectivity index (χ2v) is 11.7. The highest BCUT2D eigenvalue weighted by molar-refractivity contribution is 6.33. The minimum Gasteiger partial charge on any atom is -0.351 e. The molecule has 5 heteroatoms. The summed E-state index contributed by atoms with van der Waals surface area (Å²) in [6, 6.07) is 5.97. The molecule has 5 rings (SSSR count). The van der Waals surface area contributed by atoms with E-state index in [1.807, 2.05) is 12.1 Å². The van der Waals surface area contributed by atoms with Crippen molar-refractivity contribution >= 4 is 17.5 Å². The van der Waals surface area contributed by atoms with E-state index in [0.717, 1.165) is 56.8 Å². The Bertz CT molecular complexity index is 743. The van der Waals surface area contributed by atoms with Crippen LogP contribution < -0.4 is 10.6 Å². The van der Waals surface area contributed by atoms with Gasteiger partial charge in [0.1, 0.15) is 0 Å². The third-order valence-corrected chi connectivity index (χ3v) is 8.42. The second-order valence-electron chi connectivity index (χ2n) is 11.3. The van der Waals surface area contributed by atoms with Crippen LogP contribution in [0.2, 0.25) is 5.02 Å². The average molecular weight is 460 g/mol. The lowest BCUT2D eigenvalue weighted by Gasteiger charge is -2.56. The van der Waals surface area contributed by atoms with Crippen LogP contribution in [0.1, 0.15) is 73.7 Å². The highest BCUT2D eigenvalue weighted by atomic mass is 35.5. The largest absolute Gasteiger partial charge is 0.351 e. The minimum atomic E-state index is 0.00612. The van der Waals surface area contributed by atoms with E-state index in [1.165, 1.54) is 56.9 Å². The van der Waals surface area contributed by atoms with Crippen molar-refractivity contribution in [3.63, 3.8) is 0 Å². The number of hydrogen-bond acceptors (Lipinski definition) is 3. The van der Waals surface area contributed by atoms with E-state index >= 15 is 0 Å². The van der Waals surface area contributed by atoms with Crippen LogP contribution >= 0.6 is 11.6 Å². The van der Waals surface area contributed by atoms with Gasteiger partial charge in [0.05, 0.1) is 10.6 Å². The summed E-state index contributed by atoms with van der Waals surface area (Å²) in [5.41, 5.74) is 2.20. The monoisotopic (exact) mass is 459 g/mol. The highest BCUT2D eigenvalue weighted by Crippen LogP contribution is 2.59. The number of hydrogen-bond donors (Lipinski definition) is 2. The number of nitrogens with one attached hydrogen (secondary N) is 2. The Hall–Kier alpha value is -1.10. The number of benzene rings is 1. The molecule has 1 amide bonds. The Kier molecular flexibility index (Phi) is 8.18. The van der Waals surface area contributed by atoms with E-state index in [-0.39, 0.29) is 5.91 Å². The summed E-state index contributed by atoms with van der Waals surface area (Å²) in [7, 11) is 4.24. The van der Waals surface area contributed by atoms with Gasteiger partial charge < -0.3 is 15.5 Å². The van der Waals surface area contributed by atoms with Gasteiger partial charge in [-0.25, -0.2) is 0 Å². The maximum Gasteiger partial charge on any atom is 0.252 e. The predicted octanol–water partition coefficient (Wildman–Crippen LogP) is 5.15. The lowest BCUT2D eigenvalue weighted by molar-refractivity contribution is -0.0503. The SMILES string of the molecule is CN(C)CCCCNCCCc1ccc(Cl)c(C(=O)NCC23CC4CC(CC(C4)C2)C3)c1. The number of amides is 1. The molecule has 2 N–H and O–H groups in total. The fourth-order valence-electron chi connectivity index (χ4n) is 6.99. The highest BCUT2D eigenvalue weighted by Gasteiger charge is 2.50. The van der Waals surface area contributed by atoms with E-state index in [0.29, 0.717) is 16.0 Å². The van der Waals surface area contributed by atoms with Crippen molar-refractivity contribution < 1.29 is 4.79 Å². The molecule has 4 aliphatic carbocycles. The normalized spacial score (nSPS) is 28.4. The molecule has 0 spiro atoms. The summed E-state index contributed by atoms with van der Waals surface area (Å²) < 4.78 is 0. The first-order chi connectivity index (χ1) is 15.4. The lowest BCUT2D eigenvalue weighted by Crippen LogP contribution is -2.51. The summed E-state index contributed by atoms with van der Waals surface area (Å²) >= 11 is 6.42. The quantitative estimate of drug-likeness (QED) is 0.425. The minimum absolute atomic E-state index is 0.00612. The Morgan fingerprint density at radius 2 is 1.69 bits per heavy atom. The fraction of sp³-hybridized carbons (Fsp3) is 0.741. The summed E-state index contributed by atoms with van der Waals surface area (Å²) in [5, 5.41) is 7.39. The first kappa shape index (κ1) is 24.0. The van der Waals surface area contributed by atoms with Crippen LogP contribution in [0.3, 0.4) is 0 Å². The first-order valence-electron chi connectivity index (χ1n) is 12.8. The van der Waals surface area contributed by atoms with Crippen LogP contribution in [0.15, 0.2) is 18.2 Å². The van der Waals surface area contributed by atoms with Crippen LogP contribution in [-0.4, -0.2) is 51.1 Å². The molecule has 0 atom stereocenters. The van der Waals surface area contributed by atoms with Gasteiger partial charge in [-0.15, -0.1) is 0 Å². The van der Waals surface area contributed by atoms with Crippen LogP contribution in [0.25, 0.3) is 0 Å². The van der Waals surface area contributed by atoms with Gasteiger partial charge in [-0.3, -0.25) is 4.79 Å². The van der Waals surface area contributed by atoms with Crippen molar-refractivity contribution in [2.24, 2.45) is 23.2 Å². The van der Waals surface area contributed by atoms with Crippen molar-refractivity contribution in [2.45, 2.75) is 64.2 Å². The van der Waals surface area contributed by atoms with Gasteiger partial charge in [-0.05, 0) is 139 Å². The zero-order valence-corrected chi connectivity index (χ0v) is 20.9. The summed E-state index contributed by atoms with van der Waals surface area (Å²) in [6.07, 6.45) is 12.7. The Labute approximate surface area is 199 Å². The Morgan fingerprint density at radius 3 is 2.34 bits per heavy atom. The van der Waals surface area contributed by atoms with Gasteiger partial charge in [-0.2, -0.15) is 0 Å². The molecule has 0 unspecified atom stereocenters. The Balaban J connectivity index is 1.21. The second kappa shape index (κ2) is 10.9. The molecule has 0 aliphatic heterocycles. The molecule has 4 aliphatic rings. The van der Waals surface area contributed by atoms with Gasteiger partial charge >= 0.3 is 0 Å². The number of aryl methyl sites for hydroxylation is 1. The zero-order chi connectivity index (χ0) is 22.6. The van der Waals surface area contributed by atoms with E-state index < -0.39 is 0 Å². The number of carbonyl (C=O) groups excluding carboxylic acids is 1. The van der Waals surface area contributed by atoms with E-state index in [2.05, 4.69) is 35.7 Å². The van der Waals surface area contributed by atoms with Crippen LogP contribution in [-0.2, 0) is 6.42 Å². The van der Waals surface area contributed by atoms with E-state index in [9.17, 15) is 4.79 Å².